The maximum atomic E-state index is 6.21. The van der Waals surface area contributed by atoms with E-state index in [1.807, 2.05) is 0 Å². The third-order valence-corrected chi connectivity index (χ3v) is 4.17. The molecule has 0 bridgehead atoms. The van der Waals surface area contributed by atoms with Crippen LogP contribution in [0.2, 0.25) is 0 Å². The highest BCUT2D eigenvalue weighted by atomic mass is 16.5. The van der Waals surface area contributed by atoms with Gasteiger partial charge >= 0.3 is 0 Å². The van der Waals surface area contributed by atoms with Crippen LogP contribution in [0.4, 0.5) is 0 Å². The van der Waals surface area contributed by atoms with Crippen molar-refractivity contribution in [2.24, 2.45) is 5.92 Å². The zero-order valence-electron chi connectivity index (χ0n) is 11.2. The molecule has 2 heterocycles. The summed E-state index contributed by atoms with van der Waals surface area (Å²) >= 11 is 0. The fourth-order valence-electron chi connectivity index (χ4n) is 3.06. The molecule has 1 unspecified atom stereocenters. The van der Waals surface area contributed by atoms with Gasteiger partial charge in [-0.15, -0.1) is 0 Å². The van der Waals surface area contributed by atoms with Crippen LogP contribution in [0.5, 0.6) is 0 Å². The van der Waals surface area contributed by atoms with Gasteiger partial charge in [-0.2, -0.15) is 0 Å². The van der Waals surface area contributed by atoms with Gasteiger partial charge < -0.3 is 9.64 Å². The molecule has 2 fully saturated rings. The van der Waals surface area contributed by atoms with Crippen molar-refractivity contribution in [3.8, 4) is 0 Å². The number of nitrogens with zero attached hydrogens (tertiary/aromatic N) is 1. The molecule has 2 saturated heterocycles. The Labute approximate surface area is 99.5 Å². The first-order valence-corrected chi connectivity index (χ1v) is 6.63. The van der Waals surface area contributed by atoms with Gasteiger partial charge in [0.1, 0.15) is 5.72 Å². The van der Waals surface area contributed by atoms with E-state index in [1.54, 1.807) is 0 Å². The maximum absolute atomic E-state index is 6.21. The molecule has 16 heavy (non-hydrogen) atoms. The summed E-state index contributed by atoms with van der Waals surface area (Å²) in [7, 11) is 0. The van der Waals surface area contributed by atoms with Crippen LogP contribution in [0, 0.1) is 5.92 Å². The van der Waals surface area contributed by atoms with E-state index in [2.05, 4.69) is 37.9 Å². The Hall–Kier alpha value is -0.120. The van der Waals surface area contributed by atoms with Crippen molar-refractivity contribution in [3.63, 3.8) is 0 Å². The Kier molecular flexibility index (Phi) is 3.30. The molecule has 2 aliphatic rings. The van der Waals surface area contributed by atoms with Gasteiger partial charge in [-0.3, -0.25) is 5.32 Å². The number of nitrogens with one attached hydrogen (secondary N) is 1. The quantitative estimate of drug-likeness (QED) is 0.777. The van der Waals surface area contributed by atoms with Crippen LogP contribution in [0.3, 0.4) is 0 Å². The number of piperidine rings is 1. The van der Waals surface area contributed by atoms with Crippen molar-refractivity contribution in [1.29, 1.82) is 0 Å². The van der Waals surface area contributed by atoms with E-state index in [-0.39, 0.29) is 11.3 Å². The highest BCUT2D eigenvalue weighted by molar-refractivity contribution is 4.95. The topological polar surface area (TPSA) is 24.5 Å². The van der Waals surface area contributed by atoms with Crippen molar-refractivity contribution in [3.05, 3.63) is 0 Å². The first-order valence-electron chi connectivity index (χ1n) is 6.63. The summed E-state index contributed by atoms with van der Waals surface area (Å²) in [5.41, 5.74) is -0.0972. The molecular weight excluding hydrogens is 200 g/mol. The summed E-state index contributed by atoms with van der Waals surface area (Å²) in [5, 5.41) is 3.59. The van der Waals surface area contributed by atoms with Crippen molar-refractivity contribution in [2.45, 2.75) is 51.9 Å². The molecular formula is C13H26N2O. The largest absolute Gasteiger partial charge is 0.353 e. The minimum Gasteiger partial charge on any atom is -0.353 e. The zero-order chi connectivity index (χ0) is 11.8. The molecule has 0 spiro atoms. The fraction of sp³-hybridized carbons (Fsp3) is 1.00. The number of hydrogen-bond donors (Lipinski definition) is 1. The SMILES string of the molecule is CCN1CCC(C2(C)NCC(C)(C)O2)CC1. The number of hydrogen-bond acceptors (Lipinski definition) is 3. The lowest BCUT2D eigenvalue weighted by atomic mass is 9.87. The molecule has 1 N–H and O–H groups in total. The zero-order valence-corrected chi connectivity index (χ0v) is 11.2. The minimum absolute atomic E-state index is 0.00333. The minimum atomic E-state index is -0.0939. The van der Waals surface area contributed by atoms with Crippen molar-refractivity contribution < 1.29 is 4.74 Å². The summed E-state index contributed by atoms with van der Waals surface area (Å²) in [5.74, 6) is 0.664. The molecule has 0 amide bonds. The molecule has 2 aliphatic heterocycles. The van der Waals surface area contributed by atoms with Crippen molar-refractivity contribution in [1.82, 2.24) is 10.2 Å². The average Bonchev–Trinajstić information content (AvgIpc) is 2.54. The molecule has 2 rings (SSSR count). The first-order chi connectivity index (χ1) is 7.45. The Morgan fingerprint density at radius 2 is 1.88 bits per heavy atom. The summed E-state index contributed by atoms with van der Waals surface area (Å²) in [4.78, 5) is 2.53. The van der Waals surface area contributed by atoms with Gasteiger partial charge in [0.05, 0.1) is 5.60 Å². The number of rotatable bonds is 2. The molecule has 94 valence electrons. The maximum Gasteiger partial charge on any atom is 0.120 e. The number of likely N-dealkylation sites (tertiary alicyclic amines) is 1. The van der Waals surface area contributed by atoms with Crippen LogP contribution in [-0.4, -0.2) is 42.4 Å². The highest BCUT2D eigenvalue weighted by Gasteiger charge is 2.46. The van der Waals surface area contributed by atoms with Crippen LogP contribution in [-0.2, 0) is 4.74 Å². The van der Waals surface area contributed by atoms with Crippen LogP contribution in [0.15, 0.2) is 0 Å². The van der Waals surface area contributed by atoms with E-state index in [4.69, 9.17) is 4.74 Å². The first kappa shape index (κ1) is 12.3. The Balaban J connectivity index is 1.94. The summed E-state index contributed by atoms with van der Waals surface area (Å²) in [6.45, 7) is 13.4. The molecule has 3 heteroatoms. The molecule has 0 aromatic heterocycles. The predicted molar refractivity (Wildman–Crippen MR) is 66.4 cm³/mol. The van der Waals surface area contributed by atoms with E-state index in [9.17, 15) is 0 Å². The highest BCUT2D eigenvalue weighted by Crippen LogP contribution is 2.36. The molecule has 3 nitrogen and oxygen atoms in total. The molecule has 0 radical (unpaired) electrons. The van der Waals surface area contributed by atoms with E-state index in [0.717, 1.165) is 6.54 Å². The van der Waals surface area contributed by atoms with Gasteiger partial charge in [-0.25, -0.2) is 0 Å². The van der Waals surface area contributed by atoms with E-state index in [1.165, 1.54) is 32.5 Å². The lowest BCUT2D eigenvalue weighted by molar-refractivity contribution is -0.122. The van der Waals surface area contributed by atoms with Crippen molar-refractivity contribution >= 4 is 0 Å². The molecule has 0 aliphatic carbocycles. The van der Waals surface area contributed by atoms with Gasteiger partial charge in [0, 0.05) is 12.5 Å². The Bertz CT molecular complexity index is 246. The lowest BCUT2D eigenvalue weighted by Crippen LogP contribution is -2.50. The van der Waals surface area contributed by atoms with Crippen LogP contribution in [0.25, 0.3) is 0 Å². The van der Waals surface area contributed by atoms with Crippen LogP contribution >= 0.6 is 0 Å². The lowest BCUT2D eigenvalue weighted by Gasteiger charge is -2.40. The summed E-state index contributed by atoms with van der Waals surface area (Å²) in [6.07, 6.45) is 2.51. The third kappa shape index (κ3) is 2.41. The second-order valence-electron chi connectivity index (χ2n) is 6.03. The molecule has 0 aromatic carbocycles. The Morgan fingerprint density at radius 1 is 1.25 bits per heavy atom. The smallest absolute Gasteiger partial charge is 0.120 e. The predicted octanol–water partition coefficient (Wildman–Crippen LogP) is 1.83. The second-order valence-corrected chi connectivity index (χ2v) is 6.03. The van der Waals surface area contributed by atoms with Gasteiger partial charge in [0.2, 0.25) is 0 Å². The van der Waals surface area contributed by atoms with Gasteiger partial charge in [-0.05, 0) is 53.2 Å². The molecule has 0 aromatic rings. The third-order valence-electron chi connectivity index (χ3n) is 4.17. The summed E-state index contributed by atoms with van der Waals surface area (Å²) < 4.78 is 6.21. The summed E-state index contributed by atoms with van der Waals surface area (Å²) in [6, 6.07) is 0. The van der Waals surface area contributed by atoms with Gasteiger partial charge in [-0.1, -0.05) is 6.92 Å². The Morgan fingerprint density at radius 3 is 2.31 bits per heavy atom. The molecule has 1 atom stereocenters. The van der Waals surface area contributed by atoms with E-state index >= 15 is 0 Å². The average molecular weight is 226 g/mol. The van der Waals surface area contributed by atoms with Gasteiger partial charge in [0.25, 0.3) is 0 Å². The fourth-order valence-corrected chi connectivity index (χ4v) is 3.06. The second kappa shape index (κ2) is 4.28. The van der Waals surface area contributed by atoms with E-state index < -0.39 is 0 Å². The standard InChI is InChI=1S/C13H26N2O/c1-5-15-8-6-11(7-9-15)13(4)14-10-12(2,3)16-13/h11,14H,5-10H2,1-4H3. The van der Waals surface area contributed by atoms with Crippen LogP contribution < -0.4 is 5.32 Å². The van der Waals surface area contributed by atoms with Crippen LogP contribution in [0.1, 0.15) is 40.5 Å². The molecule has 0 saturated carbocycles. The monoisotopic (exact) mass is 226 g/mol. The normalized spacial score (nSPS) is 36.8. The van der Waals surface area contributed by atoms with Crippen molar-refractivity contribution in [2.75, 3.05) is 26.2 Å². The van der Waals surface area contributed by atoms with E-state index in [0.29, 0.717) is 5.92 Å². The van der Waals surface area contributed by atoms with Gasteiger partial charge in [0.15, 0.2) is 0 Å². The number of ether oxygens (including phenoxy) is 1.